The highest BCUT2D eigenvalue weighted by atomic mass is 19.1. The number of hydrogen-bond acceptors (Lipinski definition) is 4. The normalized spacial score (nSPS) is 19.2. The van der Waals surface area contributed by atoms with Crippen molar-refractivity contribution in [2.45, 2.75) is 13.0 Å². The van der Waals surface area contributed by atoms with Crippen molar-refractivity contribution in [1.82, 2.24) is 5.32 Å². The van der Waals surface area contributed by atoms with E-state index in [0.717, 1.165) is 0 Å². The fourth-order valence-corrected chi connectivity index (χ4v) is 3.33. The maximum atomic E-state index is 14.7. The van der Waals surface area contributed by atoms with Gasteiger partial charge in [-0.2, -0.15) is 0 Å². The number of fused-ring (bicyclic) bond motifs is 1. The number of anilines is 2. The Morgan fingerprint density at radius 2 is 2.10 bits per heavy atom. The first-order chi connectivity index (χ1) is 13.9. The summed E-state index contributed by atoms with van der Waals surface area (Å²) in [5.74, 6) is -1.08. The molecule has 1 saturated heterocycles. The van der Waals surface area contributed by atoms with Crippen molar-refractivity contribution in [2.24, 2.45) is 0 Å². The van der Waals surface area contributed by atoms with Gasteiger partial charge in [-0.05, 0) is 30.3 Å². The zero-order valence-corrected chi connectivity index (χ0v) is 15.6. The summed E-state index contributed by atoms with van der Waals surface area (Å²) in [6.45, 7) is 1.77. The number of amides is 3. The van der Waals surface area contributed by atoms with Gasteiger partial charge in [0.25, 0.3) is 5.91 Å². The molecule has 8 heteroatoms. The Balaban J connectivity index is 1.56. The van der Waals surface area contributed by atoms with Crippen molar-refractivity contribution in [1.29, 1.82) is 0 Å². The summed E-state index contributed by atoms with van der Waals surface area (Å²) in [6, 6.07) is 11.5. The van der Waals surface area contributed by atoms with Crippen LogP contribution in [-0.4, -0.2) is 37.1 Å². The van der Waals surface area contributed by atoms with Crippen molar-refractivity contribution in [3.8, 4) is 0 Å². The topological polar surface area (TPSA) is 87.7 Å². The van der Waals surface area contributed by atoms with Crippen LogP contribution in [0.1, 0.15) is 18.1 Å². The summed E-state index contributed by atoms with van der Waals surface area (Å²) in [5, 5.41) is 5.34. The van der Waals surface area contributed by atoms with E-state index in [2.05, 4.69) is 10.6 Å². The SMILES string of the molecule is CC(=O)NC[C@H]1CN(c2ccc(/C=C3/C(=O)Nc4ccccc43)c(F)c2)C(=O)O1. The van der Waals surface area contributed by atoms with Crippen molar-refractivity contribution < 1.29 is 23.5 Å². The van der Waals surface area contributed by atoms with Crippen molar-refractivity contribution >= 4 is 40.9 Å². The number of ether oxygens (including phenoxy) is 1. The van der Waals surface area contributed by atoms with Gasteiger partial charge in [-0.15, -0.1) is 0 Å². The van der Waals surface area contributed by atoms with Crippen LogP contribution in [0, 0.1) is 5.82 Å². The number of carbonyl (C=O) groups is 3. The number of nitrogens with zero attached hydrogens (tertiary/aromatic N) is 1. The zero-order chi connectivity index (χ0) is 20.5. The van der Waals surface area contributed by atoms with Gasteiger partial charge in [-0.25, -0.2) is 9.18 Å². The van der Waals surface area contributed by atoms with E-state index in [-0.39, 0.29) is 30.5 Å². The lowest BCUT2D eigenvalue weighted by molar-refractivity contribution is -0.119. The second-order valence-electron chi connectivity index (χ2n) is 6.82. The molecule has 0 bridgehead atoms. The van der Waals surface area contributed by atoms with E-state index in [0.29, 0.717) is 22.5 Å². The lowest BCUT2D eigenvalue weighted by atomic mass is 10.0. The number of nitrogens with one attached hydrogen (secondary N) is 2. The average molecular weight is 395 g/mol. The number of benzene rings is 2. The summed E-state index contributed by atoms with van der Waals surface area (Å²) < 4.78 is 19.9. The largest absolute Gasteiger partial charge is 0.442 e. The molecule has 2 aliphatic rings. The number of cyclic esters (lactones) is 1. The van der Waals surface area contributed by atoms with Crippen LogP contribution < -0.4 is 15.5 Å². The Kier molecular flexibility index (Phi) is 4.75. The second kappa shape index (κ2) is 7.38. The molecule has 1 atom stereocenters. The Morgan fingerprint density at radius 1 is 1.31 bits per heavy atom. The molecular weight excluding hydrogens is 377 g/mol. The van der Waals surface area contributed by atoms with Crippen molar-refractivity contribution in [3.63, 3.8) is 0 Å². The molecule has 2 aliphatic heterocycles. The summed E-state index contributed by atoms with van der Waals surface area (Å²) in [5.41, 5.74) is 2.35. The molecule has 0 saturated carbocycles. The molecule has 0 unspecified atom stereocenters. The highest BCUT2D eigenvalue weighted by Gasteiger charge is 2.32. The minimum Gasteiger partial charge on any atom is -0.442 e. The monoisotopic (exact) mass is 395 g/mol. The van der Waals surface area contributed by atoms with E-state index in [1.165, 1.54) is 30.0 Å². The van der Waals surface area contributed by atoms with Crippen molar-refractivity contribution in [3.05, 3.63) is 59.4 Å². The fraction of sp³-hybridized carbons (Fsp3) is 0.190. The summed E-state index contributed by atoms with van der Waals surface area (Å²) >= 11 is 0. The van der Waals surface area contributed by atoms with Gasteiger partial charge >= 0.3 is 6.09 Å². The fourth-order valence-electron chi connectivity index (χ4n) is 3.33. The maximum absolute atomic E-state index is 14.7. The van der Waals surface area contributed by atoms with Gasteiger partial charge in [-0.1, -0.05) is 18.2 Å². The molecular formula is C21H18FN3O4. The molecule has 2 N–H and O–H groups in total. The molecule has 148 valence electrons. The van der Waals surface area contributed by atoms with E-state index in [1.807, 2.05) is 12.1 Å². The van der Waals surface area contributed by atoms with E-state index in [9.17, 15) is 18.8 Å². The lowest BCUT2D eigenvalue weighted by Crippen LogP contribution is -2.33. The number of para-hydroxylation sites is 1. The van der Waals surface area contributed by atoms with E-state index < -0.39 is 18.0 Å². The van der Waals surface area contributed by atoms with Gasteiger partial charge in [0.1, 0.15) is 11.9 Å². The van der Waals surface area contributed by atoms with Gasteiger partial charge < -0.3 is 15.4 Å². The molecule has 29 heavy (non-hydrogen) atoms. The second-order valence-corrected chi connectivity index (χ2v) is 6.82. The first kappa shape index (κ1) is 18.7. The minimum absolute atomic E-state index is 0.193. The molecule has 0 radical (unpaired) electrons. The van der Waals surface area contributed by atoms with Gasteiger partial charge in [-0.3, -0.25) is 14.5 Å². The zero-order valence-electron chi connectivity index (χ0n) is 15.6. The highest BCUT2D eigenvalue weighted by Crippen LogP contribution is 2.33. The van der Waals surface area contributed by atoms with Crippen LogP contribution in [0.15, 0.2) is 42.5 Å². The van der Waals surface area contributed by atoms with Crippen LogP contribution in [0.4, 0.5) is 20.6 Å². The molecule has 2 aromatic carbocycles. The molecule has 3 amide bonds. The lowest BCUT2D eigenvalue weighted by Gasteiger charge is -2.14. The third-order valence-electron chi connectivity index (χ3n) is 4.76. The standard InChI is InChI=1S/C21H18FN3O4/c1-12(26)23-10-15-11-25(21(28)29-15)14-7-6-13(18(22)9-14)8-17-16-4-2-3-5-19(16)24-20(17)27/h2-9,15H,10-11H2,1H3,(H,23,26)(H,24,27)/b17-8+/t15-/m0/s1. The molecule has 0 spiro atoms. The Hall–Kier alpha value is -3.68. The molecule has 1 fully saturated rings. The number of rotatable bonds is 4. The van der Waals surface area contributed by atoms with Gasteiger partial charge in [0.15, 0.2) is 0 Å². The molecule has 0 aliphatic carbocycles. The molecule has 2 heterocycles. The minimum atomic E-state index is -0.602. The maximum Gasteiger partial charge on any atom is 0.414 e. The number of hydrogen-bond donors (Lipinski definition) is 2. The predicted molar refractivity (Wildman–Crippen MR) is 106 cm³/mol. The van der Waals surface area contributed by atoms with E-state index in [1.54, 1.807) is 18.2 Å². The van der Waals surface area contributed by atoms with Crippen LogP contribution in [0.3, 0.4) is 0 Å². The van der Waals surface area contributed by atoms with E-state index in [4.69, 9.17) is 4.74 Å². The summed E-state index contributed by atoms with van der Waals surface area (Å²) in [4.78, 5) is 36.6. The first-order valence-corrected chi connectivity index (χ1v) is 9.07. The highest BCUT2D eigenvalue weighted by molar-refractivity contribution is 6.34. The van der Waals surface area contributed by atoms with Gasteiger partial charge in [0.2, 0.25) is 5.91 Å². The van der Waals surface area contributed by atoms with Crippen LogP contribution >= 0.6 is 0 Å². The van der Waals surface area contributed by atoms with Crippen LogP contribution in [0.2, 0.25) is 0 Å². The Bertz CT molecular complexity index is 1050. The Labute approximate surface area is 166 Å². The third kappa shape index (κ3) is 3.69. The third-order valence-corrected chi connectivity index (χ3v) is 4.76. The van der Waals surface area contributed by atoms with Crippen molar-refractivity contribution in [2.75, 3.05) is 23.3 Å². The first-order valence-electron chi connectivity index (χ1n) is 9.07. The number of carbonyl (C=O) groups excluding carboxylic acids is 3. The molecule has 2 aromatic rings. The average Bonchev–Trinajstić information content (AvgIpc) is 3.21. The number of halogens is 1. The summed E-state index contributed by atoms with van der Waals surface area (Å²) in [7, 11) is 0. The van der Waals surface area contributed by atoms with E-state index >= 15 is 0 Å². The summed E-state index contributed by atoms with van der Waals surface area (Å²) in [6.07, 6.45) is 0.382. The molecule has 7 nitrogen and oxygen atoms in total. The van der Waals surface area contributed by atoms with Gasteiger partial charge in [0.05, 0.1) is 18.8 Å². The Morgan fingerprint density at radius 3 is 2.86 bits per heavy atom. The van der Waals surface area contributed by atoms with Gasteiger partial charge in [0, 0.05) is 29.3 Å². The molecule has 4 rings (SSSR count). The van der Waals surface area contributed by atoms with Crippen LogP contribution in [-0.2, 0) is 14.3 Å². The molecule has 0 aromatic heterocycles. The predicted octanol–water partition coefficient (Wildman–Crippen LogP) is 2.78. The quantitative estimate of drug-likeness (QED) is 0.780. The smallest absolute Gasteiger partial charge is 0.414 e. The van der Waals surface area contributed by atoms with Crippen LogP contribution in [0.5, 0.6) is 0 Å². The van der Waals surface area contributed by atoms with Crippen LogP contribution in [0.25, 0.3) is 11.6 Å².